The Morgan fingerprint density at radius 3 is 2.26 bits per heavy atom. The van der Waals surface area contributed by atoms with E-state index in [1.165, 1.54) is 12.0 Å². The second-order valence-corrected chi connectivity index (χ2v) is 20.2. The van der Waals surface area contributed by atoms with E-state index in [1.807, 2.05) is 58.1 Å². The van der Waals surface area contributed by atoms with Gasteiger partial charge in [-0.15, -0.1) is 0 Å². The number of amides is 1. The van der Waals surface area contributed by atoms with E-state index < -0.39 is 77.8 Å². The number of fused-ring (bicyclic) bond motifs is 3. The van der Waals surface area contributed by atoms with Gasteiger partial charge in [0.15, 0.2) is 5.78 Å². The van der Waals surface area contributed by atoms with E-state index in [4.69, 9.17) is 28.4 Å². The molecular formula is C53H83NO14. The molecule has 2 saturated heterocycles. The van der Waals surface area contributed by atoms with Crippen molar-refractivity contribution in [2.75, 3.05) is 41.1 Å². The minimum Gasteiger partial charge on any atom is -0.460 e. The number of carbonyl (C=O) groups excluding carboxylic acids is 5. The van der Waals surface area contributed by atoms with Gasteiger partial charge in [-0.25, -0.2) is 4.79 Å². The van der Waals surface area contributed by atoms with Crippen LogP contribution in [0.3, 0.4) is 0 Å². The first-order valence-electron chi connectivity index (χ1n) is 25.0. The molecule has 2 bridgehead atoms. The fourth-order valence-electron chi connectivity index (χ4n) is 10.5. The lowest BCUT2D eigenvalue weighted by Gasteiger charge is -2.42. The van der Waals surface area contributed by atoms with Gasteiger partial charge in [-0.1, -0.05) is 71.1 Å². The van der Waals surface area contributed by atoms with Crippen molar-refractivity contribution in [3.8, 4) is 0 Å². The molecule has 0 spiro atoms. The average Bonchev–Trinajstić information content (AvgIpc) is 3.32. The average molecular weight is 958 g/mol. The van der Waals surface area contributed by atoms with Crippen molar-refractivity contribution in [1.82, 2.24) is 4.90 Å². The molecule has 15 nitrogen and oxygen atoms in total. The van der Waals surface area contributed by atoms with Crippen LogP contribution in [-0.4, -0.2) is 145 Å². The minimum absolute atomic E-state index is 0.0158. The topological polar surface area (TPSA) is 205 Å². The molecule has 384 valence electrons. The first kappa shape index (κ1) is 57.2. The molecule has 0 aromatic rings. The molecule has 1 unspecified atom stereocenters. The van der Waals surface area contributed by atoms with Gasteiger partial charge in [0.1, 0.15) is 30.1 Å². The predicted octanol–water partition coefficient (Wildman–Crippen LogP) is 6.20. The number of aliphatic hydroxyl groups excluding tert-OH is 2. The van der Waals surface area contributed by atoms with E-state index in [-0.39, 0.29) is 74.1 Å². The molecule has 3 N–H and O–H groups in total. The number of carbonyl (C=O) groups is 5. The highest BCUT2D eigenvalue weighted by molar-refractivity contribution is 6.39. The molecule has 0 radical (unpaired) electrons. The predicted molar refractivity (Wildman–Crippen MR) is 256 cm³/mol. The number of hydrogen-bond acceptors (Lipinski definition) is 14. The smallest absolute Gasteiger partial charge is 0.329 e. The molecule has 1 aliphatic carbocycles. The minimum atomic E-state index is -2.43. The Bertz CT molecular complexity index is 1810. The van der Waals surface area contributed by atoms with Crippen LogP contribution in [0.5, 0.6) is 0 Å². The van der Waals surface area contributed by atoms with Crippen LogP contribution < -0.4 is 0 Å². The number of ketones is 3. The maximum absolute atomic E-state index is 14.5. The van der Waals surface area contributed by atoms with Crippen LogP contribution in [0.2, 0.25) is 0 Å². The van der Waals surface area contributed by atoms with Crippen LogP contribution in [0, 0.1) is 35.5 Å². The molecule has 4 rings (SSSR count). The van der Waals surface area contributed by atoms with Gasteiger partial charge in [0.2, 0.25) is 5.79 Å². The van der Waals surface area contributed by atoms with Gasteiger partial charge >= 0.3 is 5.97 Å². The van der Waals surface area contributed by atoms with Crippen LogP contribution in [0.25, 0.3) is 0 Å². The van der Waals surface area contributed by atoms with Gasteiger partial charge in [0.25, 0.3) is 11.7 Å². The van der Waals surface area contributed by atoms with Crippen molar-refractivity contribution in [3.05, 3.63) is 47.6 Å². The summed E-state index contributed by atoms with van der Waals surface area (Å²) in [6, 6.07) is -1.14. The second-order valence-electron chi connectivity index (χ2n) is 20.2. The number of Topliss-reactive ketones (excluding diaryl/α,β-unsaturated/α-hetero) is 3. The fourth-order valence-corrected chi connectivity index (χ4v) is 10.5. The zero-order valence-electron chi connectivity index (χ0n) is 42.4. The first-order valence-corrected chi connectivity index (χ1v) is 25.0. The lowest BCUT2D eigenvalue weighted by Crippen LogP contribution is -2.61. The maximum atomic E-state index is 14.5. The number of hydrogen-bond donors (Lipinski definition) is 3. The first-order chi connectivity index (χ1) is 32.3. The monoisotopic (exact) mass is 958 g/mol. The normalized spacial score (nSPS) is 39.2. The van der Waals surface area contributed by atoms with E-state index in [2.05, 4.69) is 0 Å². The van der Waals surface area contributed by atoms with Crippen LogP contribution >= 0.6 is 0 Å². The SMILES string of the molecule is CO[C@H]1C[C@@H]2CC[C@@H](C)C(O)(O2)C(=O)C(=O)N2CCCC[C@H]2C(=O)O[C@H]([C@@H](C)C[C@@H]2CC[C@@H](OCCO)[C@H](OC)C2)CC(=O)[C@H](C)/C=C(\C)[C@@H](O)[C@@H](OC)C(=O)[C@H](C)C[C@H](C)/C=C/C=C/C=C/1C. The maximum Gasteiger partial charge on any atom is 0.329 e. The third-order valence-electron chi connectivity index (χ3n) is 14.9. The van der Waals surface area contributed by atoms with E-state index in [0.29, 0.717) is 63.4 Å². The standard InChI is InChI=1S/C53H83NO14/c1-32-16-12-11-13-17-33(2)44(63-8)30-40-21-19-38(7)53(62,68-40)50(59)51(60)54-23-15-14-18-41(54)52(61)67-45(35(4)28-39-20-22-43(66-25-24-55)46(29-39)64-9)31-42(56)34(3)27-37(6)48(58)49(65-10)47(57)36(5)26-32/h11-13,16-17,27,32,34-36,38-41,43-46,48-49,55,58,62H,14-15,18-26,28-31H2,1-10H3/b13-11+,16-12+,33-17+,37-27+/t32-,34-,35+,36-,38-,39+,40+,41+,43-,44+,45+,46-,48-,49+,53?/m1/s1. The number of piperidine rings is 1. The molecule has 15 atom stereocenters. The highest BCUT2D eigenvalue weighted by Gasteiger charge is 2.53. The highest BCUT2D eigenvalue weighted by atomic mass is 16.6. The number of allylic oxidation sites excluding steroid dienone is 6. The van der Waals surface area contributed by atoms with Gasteiger partial charge in [-0.2, -0.15) is 0 Å². The largest absolute Gasteiger partial charge is 0.460 e. The summed E-state index contributed by atoms with van der Waals surface area (Å²) in [5, 5.41) is 32.8. The Morgan fingerprint density at radius 2 is 1.59 bits per heavy atom. The lowest BCUT2D eigenvalue weighted by atomic mass is 9.78. The van der Waals surface area contributed by atoms with Gasteiger partial charge in [-0.3, -0.25) is 19.2 Å². The summed E-state index contributed by atoms with van der Waals surface area (Å²) in [6.45, 7) is 12.9. The van der Waals surface area contributed by atoms with E-state index in [0.717, 1.165) is 12.0 Å². The summed E-state index contributed by atoms with van der Waals surface area (Å²) in [7, 11) is 4.58. The highest BCUT2D eigenvalue weighted by Crippen LogP contribution is 2.38. The Hall–Kier alpha value is -3.41. The van der Waals surface area contributed by atoms with Crippen LogP contribution in [0.1, 0.15) is 126 Å². The molecule has 0 aromatic heterocycles. The molecule has 4 aliphatic rings. The quantitative estimate of drug-likeness (QED) is 0.134. The number of aliphatic hydroxyl groups is 3. The third-order valence-corrected chi connectivity index (χ3v) is 14.9. The van der Waals surface area contributed by atoms with Crippen molar-refractivity contribution in [2.24, 2.45) is 35.5 Å². The summed E-state index contributed by atoms with van der Waals surface area (Å²) in [5.41, 5.74) is 1.26. The van der Waals surface area contributed by atoms with Crippen LogP contribution in [0.4, 0.5) is 0 Å². The van der Waals surface area contributed by atoms with E-state index in [1.54, 1.807) is 41.1 Å². The molecular weight excluding hydrogens is 875 g/mol. The molecule has 68 heavy (non-hydrogen) atoms. The Morgan fingerprint density at radius 1 is 0.853 bits per heavy atom. The summed E-state index contributed by atoms with van der Waals surface area (Å²) in [6.07, 6.45) is 12.0. The molecule has 3 fully saturated rings. The van der Waals surface area contributed by atoms with Crippen molar-refractivity contribution < 1.29 is 67.7 Å². The van der Waals surface area contributed by atoms with Crippen LogP contribution in [-0.2, 0) is 52.4 Å². The lowest BCUT2D eigenvalue weighted by molar-refractivity contribution is -0.265. The second kappa shape index (κ2) is 27.3. The molecule has 3 heterocycles. The summed E-state index contributed by atoms with van der Waals surface area (Å²) in [4.78, 5) is 72.1. The zero-order valence-corrected chi connectivity index (χ0v) is 42.4. The third kappa shape index (κ3) is 15.3. The van der Waals surface area contributed by atoms with Crippen molar-refractivity contribution >= 4 is 29.2 Å². The molecule has 1 amide bonds. The molecule has 1 saturated carbocycles. The van der Waals surface area contributed by atoms with E-state index >= 15 is 0 Å². The zero-order chi connectivity index (χ0) is 50.3. The Kier molecular flexibility index (Phi) is 22.9. The summed E-state index contributed by atoms with van der Waals surface area (Å²) >= 11 is 0. The molecule has 3 aliphatic heterocycles. The number of rotatable bonds is 9. The summed E-state index contributed by atoms with van der Waals surface area (Å²) < 4.78 is 35.6. The van der Waals surface area contributed by atoms with Gasteiger partial charge in [-0.05, 0) is 107 Å². The number of cyclic esters (lactones) is 1. The Balaban J connectivity index is 1.70. The summed E-state index contributed by atoms with van der Waals surface area (Å²) in [5.74, 6) is -7.96. The van der Waals surface area contributed by atoms with Crippen molar-refractivity contribution in [1.29, 1.82) is 0 Å². The number of ether oxygens (including phenoxy) is 6. The Labute approximate surface area is 405 Å². The number of methoxy groups -OCH3 is 3. The van der Waals surface area contributed by atoms with Crippen molar-refractivity contribution in [3.63, 3.8) is 0 Å². The van der Waals surface area contributed by atoms with Gasteiger partial charge in [0.05, 0.1) is 37.6 Å². The van der Waals surface area contributed by atoms with Gasteiger partial charge in [0, 0.05) is 58.5 Å². The molecule has 0 aromatic carbocycles. The van der Waals surface area contributed by atoms with Crippen molar-refractivity contribution in [2.45, 2.75) is 180 Å². The van der Waals surface area contributed by atoms with E-state index in [9.17, 15) is 39.3 Å². The number of nitrogens with zero attached hydrogens (tertiary/aromatic N) is 1. The van der Waals surface area contributed by atoms with Gasteiger partial charge < -0.3 is 48.6 Å². The number of esters is 1. The van der Waals surface area contributed by atoms with Crippen LogP contribution in [0.15, 0.2) is 47.6 Å². The fraction of sp³-hybridized carbons (Fsp3) is 0.755. The molecule has 15 heteroatoms.